The topological polar surface area (TPSA) is 51.2 Å². The molecular formula is C8H7ClO3S. The summed E-state index contributed by atoms with van der Waals surface area (Å²) < 4.78 is 22.2. The molecule has 0 aromatic heterocycles. The number of carbonyl (C=O) groups is 1. The summed E-state index contributed by atoms with van der Waals surface area (Å²) in [5.41, 5.74) is 0.296. The minimum absolute atomic E-state index is 0.0150. The van der Waals surface area contributed by atoms with Crippen LogP contribution in [0.5, 0.6) is 0 Å². The zero-order valence-corrected chi connectivity index (χ0v) is 8.39. The lowest BCUT2D eigenvalue weighted by Gasteiger charge is -2.01. The Hall–Kier alpha value is -0.870. The van der Waals surface area contributed by atoms with E-state index in [2.05, 4.69) is 0 Å². The predicted octanol–water partition coefficient (Wildman–Crippen LogP) is 1.56. The lowest BCUT2D eigenvalue weighted by Crippen LogP contribution is -1.99. The average molecular weight is 219 g/mol. The summed E-state index contributed by atoms with van der Waals surface area (Å²) in [5, 5.41) is 0.133. The monoisotopic (exact) mass is 218 g/mol. The van der Waals surface area contributed by atoms with Gasteiger partial charge in [-0.2, -0.15) is 0 Å². The number of hydrogen-bond donors (Lipinski definition) is 0. The standard InChI is InChI=1S/C8H7ClO3S/c1-13(11,12)8-4-6(5-10)2-3-7(8)9/h2-5H,1H3. The van der Waals surface area contributed by atoms with Gasteiger partial charge in [0.2, 0.25) is 0 Å². The van der Waals surface area contributed by atoms with Gasteiger partial charge in [0.15, 0.2) is 9.84 Å². The Morgan fingerprint density at radius 2 is 2.00 bits per heavy atom. The molecule has 0 aliphatic rings. The maximum absolute atomic E-state index is 11.1. The second-order valence-electron chi connectivity index (χ2n) is 2.58. The van der Waals surface area contributed by atoms with E-state index in [0.717, 1.165) is 6.26 Å². The molecular weight excluding hydrogens is 212 g/mol. The molecule has 0 amide bonds. The van der Waals surface area contributed by atoms with Crippen LogP contribution in [0.2, 0.25) is 5.02 Å². The van der Waals surface area contributed by atoms with E-state index in [-0.39, 0.29) is 9.92 Å². The van der Waals surface area contributed by atoms with E-state index in [0.29, 0.717) is 11.8 Å². The van der Waals surface area contributed by atoms with Gasteiger partial charge >= 0.3 is 0 Å². The van der Waals surface area contributed by atoms with Gasteiger partial charge in [-0.25, -0.2) is 8.42 Å². The van der Waals surface area contributed by atoms with Crippen LogP contribution in [0.4, 0.5) is 0 Å². The van der Waals surface area contributed by atoms with Crippen LogP contribution in [-0.2, 0) is 9.84 Å². The first-order chi connectivity index (χ1) is 5.95. The number of benzene rings is 1. The van der Waals surface area contributed by atoms with Crippen LogP contribution in [0.1, 0.15) is 10.4 Å². The molecule has 0 saturated heterocycles. The van der Waals surface area contributed by atoms with Crippen molar-refractivity contribution in [3.05, 3.63) is 28.8 Å². The number of carbonyl (C=O) groups excluding carboxylic acids is 1. The van der Waals surface area contributed by atoms with Crippen molar-refractivity contribution < 1.29 is 13.2 Å². The van der Waals surface area contributed by atoms with E-state index in [1.807, 2.05) is 0 Å². The van der Waals surface area contributed by atoms with Crippen LogP contribution in [0.15, 0.2) is 23.1 Å². The maximum Gasteiger partial charge on any atom is 0.177 e. The van der Waals surface area contributed by atoms with Crippen molar-refractivity contribution in [1.29, 1.82) is 0 Å². The lowest BCUT2D eigenvalue weighted by atomic mass is 10.2. The molecule has 0 radical (unpaired) electrons. The van der Waals surface area contributed by atoms with Gasteiger partial charge in [-0.15, -0.1) is 0 Å². The van der Waals surface area contributed by atoms with Gasteiger partial charge in [0, 0.05) is 11.8 Å². The molecule has 0 aliphatic heterocycles. The Balaban J connectivity index is 3.44. The summed E-state index contributed by atoms with van der Waals surface area (Å²) in [6.07, 6.45) is 1.62. The molecule has 0 unspecified atom stereocenters. The second-order valence-corrected chi connectivity index (χ2v) is 4.97. The number of hydrogen-bond acceptors (Lipinski definition) is 3. The van der Waals surface area contributed by atoms with E-state index in [1.54, 1.807) is 0 Å². The fourth-order valence-corrected chi connectivity index (χ4v) is 2.19. The Bertz CT molecular complexity index is 437. The Labute approximate surface area is 81.3 Å². The molecule has 1 aromatic rings. The Morgan fingerprint density at radius 3 is 2.46 bits per heavy atom. The van der Waals surface area contributed by atoms with Crippen LogP contribution in [0.25, 0.3) is 0 Å². The van der Waals surface area contributed by atoms with Crippen molar-refractivity contribution in [3.8, 4) is 0 Å². The predicted molar refractivity (Wildman–Crippen MR) is 49.9 cm³/mol. The van der Waals surface area contributed by atoms with Crippen LogP contribution in [0.3, 0.4) is 0 Å². The minimum Gasteiger partial charge on any atom is -0.298 e. The van der Waals surface area contributed by atoms with E-state index in [1.165, 1.54) is 18.2 Å². The van der Waals surface area contributed by atoms with Gasteiger partial charge in [0.05, 0.1) is 9.92 Å². The first-order valence-corrected chi connectivity index (χ1v) is 5.67. The summed E-state index contributed by atoms with van der Waals surface area (Å²) in [5.74, 6) is 0. The average Bonchev–Trinajstić information content (AvgIpc) is 2.03. The zero-order valence-electron chi connectivity index (χ0n) is 6.82. The van der Waals surface area contributed by atoms with Crippen molar-refractivity contribution in [2.24, 2.45) is 0 Å². The number of halogens is 1. The summed E-state index contributed by atoms with van der Waals surface area (Å²) in [6.45, 7) is 0. The van der Waals surface area contributed by atoms with Gasteiger partial charge < -0.3 is 0 Å². The minimum atomic E-state index is -3.36. The molecule has 0 aliphatic carbocycles. The molecule has 70 valence electrons. The third-order valence-corrected chi connectivity index (χ3v) is 3.07. The molecule has 1 aromatic carbocycles. The molecule has 0 spiro atoms. The Kier molecular flexibility index (Phi) is 2.73. The van der Waals surface area contributed by atoms with Gasteiger partial charge in [0.1, 0.15) is 6.29 Å². The number of sulfone groups is 1. The van der Waals surface area contributed by atoms with Crippen LogP contribution >= 0.6 is 11.6 Å². The van der Waals surface area contributed by atoms with E-state index in [4.69, 9.17) is 11.6 Å². The van der Waals surface area contributed by atoms with Crippen molar-refractivity contribution in [2.45, 2.75) is 4.90 Å². The Morgan fingerprint density at radius 1 is 1.38 bits per heavy atom. The third-order valence-electron chi connectivity index (χ3n) is 1.49. The number of aldehydes is 1. The molecule has 3 nitrogen and oxygen atoms in total. The highest BCUT2D eigenvalue weighted by Crippen LogP contribution is 2.21. The lowest BCUT2D eigenvalue weighted by molar-refractivity contribution is 0.112. The van der Waals surface area contributed by atoms with Gasteiger partial charge in [-0.05, 0) is 12.1 Å². The smallest absolute Gasteiger partial charge is 0.177 e. The first-order valence-electron chi connectivity index (χ1n) is 3.40. The molecule has 1 rings (SSSR count). The summed E-state index contributed by atoms with van der Waals surface area (Å²) in [4.78, 5) is 10.3. The molecule has 0 N–H and O–H groups in total. The molecule has 0 saturated carbocycles. The van der Waals surface area contributed by atoms with Crippen molar-refractivity contribution in [2.75, 3.05) is 6.26 Å². The van der Waals surface area contributed by atoms with Gasteiger partial charge in [-0.3, -0.25) is 4.79 Å². The molecule has 5 heteroatoms. The third kappa shape index (κ3) is 2.29. The largest absolute Gasteiger partial charge is 0.298 e. The van der Waals surface area contributed by atoms with E-state index in [9.17, 15) is 13.2 Å². The highest BCUT2D eigenvalue weighted by molar-refractivity contribution is 7.90. The first kappa shape index (κ1) is 10.2. The zero-order chi connectivity index (χ0) is 10.1. The maximum atomic E-state index is 11.1. The molecule has 0 atom stereocenters. The SMILES string of the molecule is CS(=O)(=O)c1cc(C=O)ccc1Cl. The molecule has 0 heterocycles. The summed E-state index contributed by atoms with van der Waals surface area (Å²) in [6, 6.07) is 4.11. The van der Waals surface area contributed by atoms with Gasteiger partial charge in [0.25, 0.3) is 0 Å². The second kappa shape index (κ2) is 3.47. The van der Waals surface area contributed by atoms with Crippen LogP contribution < -0.4 is 0 Å². The molecule has 0 bridgehead atoms. The van der Waals surface area contributed by atoms with Crippen molar-refractivity contribution >= 4 is 27.7 Å². The summed E-state index contributed by atoms with van der Waals surface area (Å²) >= 11 is 5.64. The molecule has 0 fully saturated rings. The molecule has 13 heavy (non-hydrogen) atoms. The van der Waals surface area contributed by atoms with E-state index >= 15 is 0 Å². The summed E-state index contributed by atoms with van der Waals surface area (Å²) in [7, 11) is -3.36. The van der Waals surface area contributed by atoms with Crippen LogP contribution in [-0.4, -0.2) is 21.0 Å². The highest BCUT2D eigenvalue weighted by Gasteiger charge is 2.12. The van der Waals surface area contributed by atoms with E-state index < -0.39 is 9.84 Å². The highest BCUT2D eigenvalue weighted by atomic mass is 35.5. The fourth-order valence-electron chi connectivity index (χ4n) is 0.877. The quantitative estimate of drug-likeness (QED) is 0.708. The number of rotatable bonds is 2. The van der Waals surface area contributed by atoms with Crippen molar-refractivity contribution in [1.82, 2.24) is 0 Å². The van der Waals surface area contributed by atoms with Crippen LogP contribution in [0, 0.1) is 0 Å². The van der Waals surface area contributed by atoms with Gasteiger partial charge in [-0.1, -0.05) is 17.7 Å². The fraction of sp³-hybridized carbons (Fsp3) is 0.125. The van der Waals surface area contributed by atoms with Crippen molar-refractivity contribution in [3.63, 3.8) is 0 Å². The normalized spacial score (nSPS) is 11.2.